The normalized spacial score (nSPS) is 25.5. The molecule has 0 bridgehead atoms. The zero-order chi connectivity index (χ0) is 10.8. The third kappa shape index (κ3) is 2.15. The van der Waals surface area contributed by atoms with E-state index in [9.17, 15) is 4.79 Å². The molecule has 6 nitrogen and oxygen atoms in total. The maximum absolute atomic E-state index is 11.8. The van der Waals surface area contributed by atoms with Crippen molar-refractivity contribution in [3.05, 3.63) is 5.82 Å². The second-order valence-electron chi connectivity index (χ2n) is 3.88. The van der Waals surface area contributed by atoms with Crippen LogP contribution in [0.4, 0.5) is 6.01 Å². The number of carbonyl (C=O) groups is 1. The number of amides is 1. The lowest BCUT2D eigenvalue weighted by atomic mass is 9.97. The van der Waals surface area contributed by atoms with E-state index in [1.807, 2.05) is 6.92 Å². The molecule has 1 saturated heterocycles. The fourth-order valence-corrected chi connectivity index (χ4v) is 1.71. The first-order valence-corrected chi connectivity index (χ1v) is 4.98. The Morgan fingerprint density at radius 2 is 2.40 bits per heavy atom. The van der Waals surface area contributed by atoms with E-state index in [1.165, 1.54) is 0 Å². The summed E-state index contributed by atoms with van der Waals surface area (Å²) in [7, 11) is 0. The predicted octanol–water partition coefficient (Wildman–Crippen LogP) is 0.172. The van der Waals surface area contributed by atoms with Gasteiger partial charge in [-0.2, -0.15) is 4.98 Å². The number of aromatic nitrogens is 2. The van der Waals surface area contributed by atoms with Crippen LogP contribution < -0.4 is 10.6 Å². The highest BCUT2D eigenvalue weighted by Crippen LogP contribution is 2.17. The predicted molar refractivity (Wildman–Crippen MR) is 53.2 cm³/mol. The molecule has 0 aliphatic carbocycles. The number of nitrogens with zero attached hydrogens (tertiary/aromatic N) is 2. The van der Waals surface area contributed by atoms with E-state index in [2.05, 4.69) is 20.8 Å². The van der Waals surface area contributed by atoms with Crippen molar-refractivity contribution in [1.82, 2.24) is 15.5 Å². The molecule has 2 rings (SSSR count). The molecule has 0 spiro atoms. The number of aryl methyl sites for hydroxylation is 1. The largest absolute Gasteiger partial charge is 0.328 e. The minimum absolute atomic E-state index is 0.0165. The van der Waals surface area contributed by atoms with E-state index >= 15 is 0 Å². The van der Waals surface area contributed by atoms with Crippen molar-refractivity contribution in [3.8, 4) is 0 Å². The molecule has 15 heavy (non-hydrogen) atoms. The summed E-state index contributed by atoms with van der Waals surface area (Å²) < 4.78 is 4.82. The first kappa shape index (κ1) is 10.1. The quantitative estimate of drug-likeness (QED) is 0.727. The van der Waals surface area contributed by atoms with E-state index < -0.39 is 0 Å². The van der Waals surface area contributed by atoms with Gasteiger partial charge in [0.1, 0.15) is 0 Å². The van der Waals surface area contributed by atoms with Crippen LogP contribution in [0.3, 0.4) is 0 Å². The summed E-state index contributed by atoms with van der Waals surface area (Å²) in [4.78, 5) is 15.7. The number of nitrogens with one attached hydrogen (secondary N) is 2. The van der Waals surface area contributed by atoms with Gasteiger partial charge < -0.3 is 9.84 Å². The summed E-state index contributed by atoms with van der Waals surface area (Å²) >= 11 is 0. The van der Waals surface area contributed by atoms with Crippen molar-refractivity contribution in [2.75, 3.05) is 18.4 Å². The first-order chi connectivity index (χ1) is 7.16. The monoisotopic (exact) mass is 210 g/mol. The lowest BCUT2D eigenvalue weighted by Gasteiger charge is -2.11. The van der Waals surface area contributed by atoms with Crippen LogP contribution in [0, 0.1) is 18.8 Å². The molecule has 1 aromatic rings. The summed E-state index contributed by atoms with van der Waals surface area (Å²) in [5.41, 5.74) is 0. The molecule has 1 amide bonds. The van der Waals surface area contributed by atoms with Gasteiger partial charge in [-0.1, -0.05) is 12.1 Å². The van der Waals surface area contributed by atoms with E-state index in [4.69, 9.17) is 4.52 Å². The van der Waals surface area contributed by atoms with Crippen molar-refractivity contribution in [2.24, 2.45) is 11.8 Å². The van der Waals surface area contributed by atoms with Crippen molar-refractivity contribution < 1.29 is 9.32 Å². The van der Waals surface area contributed by atoms with E-state index in [0.717, 1.165) is 6.54 Å². The highest BCUT2D eigenvalue weighted by Gasteiger charge is 2.30. The second kappa shape index (κ2) is 3.98. The molecule has 0 aromatic carbocycles. The van der Waals surface area contributed by atoms with Gasteiger partial charge in [0, 0.05) is 6.54 Å². The Morgan fingerprint density at radius 3 is 2.93 bits per heavy atom. The molecule has 0 saturated carbocycles. The number of carbonyl (C=O) groups excluding carboxylic acids is 1. The number of hydrogen-bond acceptors (Lipinski definition) is 5. The molecule has 1 fully saturated rings. The van der Waals surface area contributed by atoms with Gasteiger partial charge in [0.2, 0.25) is 5.91 Å². The van der Waals surface area contributed by atoms with Gasteiger partial charge >= 0.3 is 6.01 Å². The zero-order valence-corrected chi connectivity index (χ0v) is 8.78. The van der Waals surface area contributed by atoms with Gasteiger partial charge in [0.05, 0.1) is 5.92 Å². The van der Waals surface area contributed by atoms with Crippen molar-refractivity contribution in [3.63, 3.8) is 0 Å². The number of anilines is 1. The van der Waals surface area contributed by atoms with Gasteiger partial charge in [-0.3, -0.25) is 10.1 Å². The lowest BCUT2D eigenvalue weighted by molar-refractivity contribution is -0.120. The van der Waals surface area contributed by atoms with Crippen molar-refractivity contribution in [1.29, 1.82) is 0 Å². The number of rotatable bonds is 2. The molecular weight excluding hydrogens is 196 g/mol. The third-order valence-electron chi connectivity index (χ3n) is 2.61. The average Bonchev–Trinajstić information content (AvgIpc) is 2.75. The van der Waals surface area contributed by atoms with Crippen LogP contribution >= 0.6 is 0 Å². The summed E-state index contributed by atoms with van der Waals surface area (Å²) in [5.74, 6) is 0.783. The molecule has 2 N–H and O–H groups in total. The molecule has 1 aliphatic heterocycles. The second-order valence-corrected chi connectivity index (χ2v) is 3.88. The van der Waals surface area contributed by atoms with Crippen LogP contribution in [-0.4, -0.2) is 29.1 Å². The van der Waals surface area contributed by atoms with Crippen molar-refractivity contribution >= 4 is 11.9 Å². The fraction of sp³-hybridized carbons (Fsp3) is 0.667. The molecule has 82 valence electrons. The highest BCUT2D eigenvalue weighted by atomic mass is 16.5. The highest BCUT2D eigenvalue weighted by molar-refractivity contribution is 5.91. The fourth-order valence-electron chi connectivity index (χ4n) is 1.71. The van der Waals surface area contributed by atoms with E-state index in [-0.39, 0.29) is 17.8 Å². The zero-order valence-electron chi connectivity index (χ0n) is 8.78. The van der Waals surface area contributed by atoms with Gasteiger partial charge in [-0.05, 0) is 19.4 Å². The molecular formula is C9H14N4O2. The molecule has 0 unspecified atom stereocenters. The first-order valence-electron chi connectivity index (χ1n) is 4.98. The SMILES string of the molecule is Cc1noc(NC(=O)[C@@H]2CNC[C@H]2C)n1. The minimum Gasteiger partial charge on any atom is -0.316 e. The summed E-state index contributed by atoms with van der Waals surface area (Å²) in [6.07, 6.45) is 0. The molecule has 0 radical (unpaired) electrons. The smallest absolute Gasteiger partial charge is 0.316 e. The van der Waals surface area contributed by atoms with Crippen LogP contribution in [0.2, 0.25) is 0 Å². The topological polar surface area (TPSA) is 80.0 Å². The molecule has 2 heterocycles. The van der Waals surface area contributed by atoms with Crippen LogP contribution in [0.15, 0.2) is 4.52 Å². The van der Waals surface area contributed by atoms with Crippen LogP contribution in [0.25, 0.3) is 0 Å². The van der Waals surface area contributed by atoms with E-state index in [0.29, 0.717) is 18.3 Å². The third-order valence-corrected chi connectivity index (χ3v) is 2.61. The van der Waals surface area contributed by atoms with Gasteiger partial charge in [-0.15, -0.1) is 0 Å². The van der Waals surface area contributed by atoms with Crippen LogP contribution in [0.5, 0.6) is 0 Å². The van der Waals surface area contributed by atoms with Gasteiger partial charge in [0.25, 0.3) is 0 Å². The standard InChI is InChI=1S/C9H14N4O2/c1-5-3-10-4-7(5)8(14)12-9-11-6(2)13-15-9/h5,7,10H,3-4H2,1-2H3,(H,11,12,13,14)/t5-,7-/m1/s1. The Hall–Kier alpha value is -1.43. The molecule has 1 aromatic heterocycles. The molecule has 1 aliphatic rings. The Bertz CT molecular complexity index is 363. The Balaban J connectivity index is 1.97. The Kier molecular flexibility index (Phi) is 2.68. The van der Waals surface area contributed by atoms with E-state index in [1.54, 1.807) is 6.92 Å². The van der Waals surface area contributed by atoms with Crippen LogP contribution in [-0.2, 0) is 4.79 Å². The Morgan fingerprint density at radius 1 is 1.60 bits per heavy atom. The van der Waals surface area contributed by atoms with Crippen molar-refractivity contribution in [2.45, 2.75) is 13.8 Å². The maximum atomic E-state index is 11.8. The molecule has 2 atom stereocenters. The summed E-state index contributed by atoms with van der Waals surface area (Å²) in [6, 6.07) is 0.177. The average molecular weight is 210 g/mol. The Labute approximate surface area is 87.4 Å². The summed E-state index contributed by atoms with van der Waals surface area (Å²) in [5, 5.41) is 9.38. The van der Waals surface area contributed by atoms with Gasteiger partial charge in [-0.25, -0.2) is 0 Å². The lowest BCUT2D eigenvalue weighted by Crippen LogP contribution is -2.27. The molecule has 6 heteroatoms. The van der Waals surface area contributed by atoms with Crippen LogP contribution in [0.1, 0.15) is 12.7 Å². The maximum Gasteiger partial charge on any atom is 0.328 e. The minimum atomic E-state index is -0.0591. The summed E-state index contributed by atoms with van der Waals surface area (Å²) in [6.45, 7) is 5.34. The number of hydrogen-bond donors (Lipinski definition) is 2. The van der Waals surface area contributed by atoms with Gasteiger partial charge in [0.15, 0.2) is 5.82 Å².